The molecule has 1 aromatic carbocycles. The van der Waals surface area contributed by atoms with Crippen LogP contribution in [0.3, 0.4) is 0 Å². The highest BCUT2D eigenvalue weighted by Crippen LogP contribution is 2.31. The van der Waals surface area contributed by atoms with Gasteiger partial charge in [-0.1, -0.05) is 0 Å². The van der Waals surface area contributed by atoms with E-state index in [0.717, 1.165) is 6.07 Å². The summed E-state index contributed by atoms with van der Waals surface area (Å²) in [7, 11) is 0.792. The lowest BCUT2D eigenvalue weighted by atomic mass is 10.2. The first-order chi connectivity index (χ1) is 12.1. The van der Waals surface area contributed by atoms with Crippen LogP contribution < -0.4 is 4.90 Å². The van der Waals surface area contributed by atoms with E-state index in [0.29, 0.717) is 0 Å². The summed E-state index contributed by atoms with van der Waals surface area (Å²) < 4.78 is 32.5. The standard InChI is InChI=1S/C15H22N4O6S/c1-16(2)15(20)11-17(3)13-5-4-12(19(21)22)10-14(13)26(23,24)18-6-8-25-9-7-18/h4-5,10H,6-9,11H2,1-3H3. The summed E-state index contributed by atoms with van der Waals surface area (Å²) in [6.45, 7) is 0.808. The van der Waals surface area contributed by atoms with E-state index >= 15 is 0 Å². The number of hydrogen-bond acceptors (Lipinski definition) is 7. The zero-order valence-corrected chi connectivity index (χ0v) is 15.7. The fourth-order valence-electron chi connectivity index (χ4n) is 2.49. The Morgan fingerprint density at radius 1 is 1.27 bits per heavy atom. The number of morpholine rings is 1. The molecule has 1 fully saturated rings. The first-order valence-corrected chi connectivity index (χ1v) is 9.36. The molecule has 1 amide bonds. The Kier molecular flexibility index (Phi) is 6.16. The van der Waals surface area contributed by atoms with Crippen LogP contribution in [-0.2, 0) is 19.6 Å². The number of nitrogens with zero attached hydrogens (tertiary/aromatic N) is 4. The van der Waals surface area contributed by atoms with Gasteiger partial charge in [0, 0.05) is 46.4 Å². The Balaban J connectivity index is 2.48. The molecule has 10 nitrogen and oxygen atoms in total. The molecule has 0 aromatic heterocycles. The molecular formula is C15H22N4O6S. The molecule has 1 aliphatic rings. The zero-order chi connectivity index (χ0) is 19.5. The Labute approximate surface area is 152 Å². The quantitative estimate of drug-likeness (QED) is 0.505. The number of rotatable bonds is 6. The molecule has 0 spiro atoms. The molecule has 0 radical (unpaired) electrons. The molecule has 0 saturated carbocycles. The van der Waals surface area contributed by atoms with Crippen molar-refractivity contribution in [2.75, 3.05) is 58.9 Å². The fraction of sp³-hybridized carbons (Fsp3) is 0.533. The Morgan fingerprint density at radius 3 is 2.42 bits per heavy atom. The van der Waals surface area contributed by atoms with Crippen LogP contribution >= 0.6 is 0 Å². The second kappa shape index (κ2) is 7.98. The predicted molar refractivity (Wildman–Crippen MR) is 94.6 cm³/mol. The van der Waals surface area contributed by atoms with Crippen molar-refractivity contribution >= 4 is 27.3 Å². The second-order valence-electron chi connectivity index (χ2n) is 6.07. The van der Waals surface area contributed by atoms with Gasteiger partial charge in [0.2, 0.25) is 15.9 Å². The van der Waals surface area contributed by atoms with Gasteiger partial charge in [-0.25, -0.2) is 8.42 Å². The third-order valence-corrected chi connectivity index (χ3v) is 5.95. The van der Waals surface area contributed by atoms with Gasteiger partial charge < -0.3 is 14.5 Å². The third kappa shape index (κ3) is 4.29. The van der Waals surface area contributed by atoms with E-state index in [2.05, 4.69) is 0 Å². The van der Waals surface area contributed by atoms with Crippen LogP contribution in [0, 0.1) is 10.1 Å². The van der Waals surface area contributed by atoms with Crippen molar-refractivity contribution in [3.05, 3.63) is 28.3 Å². The molecule has 1 saturated heterocycles. The molecule has 144 valence electrons. The summed E-state index contributed by atoms with van der Waals surface area (Å²) in [6, 6.07) is 3.62. The van der Waals surface area contributed by atoms with Crippen molar-refractivity contribution in [2.24, 2.45) is 0 Å². The number of hydrogen-bond donors (Lipinski definition) is 0. The average Bonchev–Trinajstić information content (AvgIpc) is 2.61. The molecule has 0 atom stereocenters. The van der Waals surface area contributed by atoms with Crippen LogP contribution in [0.25, 0.3) is 0 Å². The van der Waals surface area contributed by atoms with E-state index in [1.54, 1.807) is 21.1 Å². The number of nitro groups is 1. The highest BCUT2D eigenvalue weighted by molar-refractivity contribution is 7.89. The molecule has 1 aliphatic heterocycles. The summed E-state index contributed by atoms with van der Waals surface area (Å²) in [5.41, 5.74) is -0.0924. The molecule has 11 heteroatoms. The topological polar surface area (TPSA) is 113 Å². The van der Waals surface area contributed by atoms with E-state index in [9.17, 15) is 23.3 Å². The molecule has 1 aromatic rings. The Morgan fingerprint density at radius 2 is 1.88 bits per heavy atom. The third-order valence-electron chi connectivity index (χ3n) is 4.02. The summed E-state index contributed by atoms with van der Waals surface area (Å²) in [6.07, 6.45) is 0. The molecule has 2 rings (SSSR count). The molecule has 0 unspecified atom stereocenters. The number of anilines is 1. The number of benzene rings is 1. The summed E-state index contributed by atoms with van der Waals surface area (Å²) >= 11 is 0. The number of amides is 1. The molecule has 0 aliphatic carbocycles. The normalized spacial score (nSPS) is 15.5. The van der Waals surface area contributed by atoms with Gasteiger partial charge in [-0.05, 0) is 6.07 Å². The van der Waals surface area contributed by atoms with E-state index < -0.39 is 14.9 Å². The molecule has 26 heavy (non-hydrogen) atoms. The van der Waals surface area contributed by atoms with Gasteiger partial charge in [-0.2, -0.15) is 4.31 Å². The number of carbonyl (C=O) groups is 1. The van der Waals surface area contributed by atoms with Crippen LogP contribution in [0.5, 0.6) is 0 Å². The minimum atomic E-state index is -3.97. The number of non-ortho nitro benzene ring substituents is 1. The van der Waals surface area contributed by atoms with E-state index in [4.69, 9.17) is 4.74 Å². The van der Waals surface area contributed by atoms with Crippen LogP contribution in [-0.4, -0.2) is 82.4 Å². The van der Waals surface area contributed by atoms with Gasteiger partial charge in [0.25, 0.3) is 5.69 Å². The van der Waals surface area contributed by atoms with Crippen molar-refractivity contribution in [3.8, 4) is 0 Å². The van der Waals surface area contributed by atoms with Gasteiger partial charge in [0.15, 0.2) is 0 Å². The van der Waals surface area contributed by atoms with Crippen molar-refractivity contribution < 1.29 is 22.9 Å². The highest BCUT2D eigenvalue weighted by atomic mass is 32.2. The number of likely N-dealkylation sites (N-methyl/N-ethyl adjacent to an activating group) is 2. The largest absolute Gasteiger partial charge is 0.379 e. The molecule has 0 bridgehead atoms. The van der Waals surface area contributed by atoms with Crippen molar-refractivity contribution in [2.45, 2.75) is 4.90 Å². The predicted octanol–water partition coefficient (Wildman–Crippen LogP) is 0.140. The van der Waals surface area contributed by atoms with Crippen LogP contribution in [0.4, 0.5) is 11.4 Å². The monoisotopic (exact) mass is 386 g/mol. The fourth-order valence-corrected chi connectivity index (χ4v) is 4.16. The van der Waals surface area contributed by atoms with Gasteiger partial charge in [0.05, 0.1) is 30.4 Å². The number of sulfonamides is 1. The van der Waals surface area contributed by atoms with Crippen LogP contribution in [0.2, 0.25) is 0 Å². The van der Waals surface area contributed by atoms with E-state index in [-0.39, 0.29) is 55.0 Å². The minimum absolute atomic E-state index is 0.0591. The van der Waals surface area contributed by atoms with E-state index in [1.165, 1.54) is 26.2 Å². The number of nitro benzene ring substituents is 1. The van der Waals surface area contributed by atoms with Gasteiger partial charge in [0.1, 0.15) is 4.90 Å². The first-order valence-electron chi connectivity index (χ1n) is 7.92. The first kappa shape index (κ1) is 20.1. The Bertz CT molecular complexity index is 789. The van der Waals surface area contributed by atoms with Gasteiger partial charge >= 0.3 is 0 Å². The lowest BCUT2D eigenvalue weighted by molar-refractivity contribution is -0.385. The Hall–Kier alpha value is -2.24. The maximum Gasteiger partial charge on any atom is 0.270 e. The van der Waals surface area contributed by atoms with E-state index in [1.807, 2.05) is 0 Å². The van der Waals surface area contributed by atoms with Gasteiger partial charge in [-0.15, -0.1) is 0 Å². The van der Waals surface area contributed by atoms with Crippen molar-refractivity contribution in [1.29, 1.82) is 0 Å². The smallest absolute Gasteiger partial charge is 0.270 e. The number of carbonyl (C=O) groups excluding carboxylic acids is 1. The van der Waals surface area contributed by atoms with Crippen molar-refractivity contribution in [3.63, 3.8) is 0 Å². The average molecular weight is 386 g/mol. The summed E-state index contributed by atoms with van der Waals surface area (Å²) in [5.74, 6) is -0.222. The molecule has 0 N–H and O–H groups in total. The summed E-state index contributed by atoms with van der Waals surface area (Å²) in [5, 5.41) is 11.1. The minimum Gasteiger partial charge on any atom is -0.379 e. The molecular weight excluding hydrogens is 364 g/mol. The lowest BCUT2D eigenvalue weighted by Gasteiger charge is -2.29. The maximum absolute atomic E-state index is 13.0. The van der Waals surface area contributed by atoms with Crippen molar-refractivity contribution in [1.82, 2.24) is 9.21 Å². The maximum atomic E-state index is 13.0. The highest BCUT2D eigenvalue weighted by Gasteiger charge is 2.31. The summed E-state index contributed by atoms with van der Waals surface area (Å²) in [4.78, 5) is 25.1. The number of ether oxygens (including phenoxy) is 1. The van der Waals surface area contributed by atoms with Gasteiger partial charge in [-0.3, -0.25) is 14.9 Å². The lowest BCUT2D eigenvalue weighted by Crippen LogP contribution is -2.41. The SMILES string of the molecule is CN(C)C(=O)CN(C)c1ccc([N+](=O)[O-])cc1S(=O)(=O)N1CCOCC1. The second-order valence-corrected chi connectivity index (χ2v) is 7.98. The van der Waals surface area contributed by atoms with Crippen LogP contribution in [0.15, 0.2) is 23.1 Å². The van der Waals surface area contributed by atoms with Crippen LogP contribution in [0.1, 0.15) is 0 Å². The zero-order valence-electron chi connectivity index (χ0n) is 14.9. The molecule has 1 heterocycles.